The van der Waals surface area contributed by atoms with Crippen molar-refractivity contribution < 1.29 is 18.3 Å². The fourth-order valence-electron chi connectivity index (χ4n) is 1.15. The van der Waals surface area contributed by atoms with Gasteiger partial charge in [-0.3, -0.25) is 0 Å². The lowest BCUT2D eigenvalue weighted by Gasteiger charge is -2.08. The van der Waals surface area contributed by atoms with Crippen LogP contribution in [0.1, 0.15) is 51.8 Å². The van der Waals surface area contributed by atoms with Gasteiger partial charge in [-0.25, -0.2) is 0 Å². The molecule has 0 bridgehead atoms. The summed E-state index contributed by atoms with van der Waals surface area (Å²) in [6, 6.07) is 5.78. The van der Waals surface area contributed by atoms with Crippen molar-refractivity contribution in [2.75, 3.05) is 0 Å². The van der Waals surface area contributed by atoms with E-state index in [0.29, 0.717) is 5.56 Å². The Morgan fingerprint density at radius 3 is 1.67 bits per heavy atom. The quantitative estimate of drug-likeness (QED) is 0.805. The fraction of sp³-hybridized carbons (Fsp3) is 0.571. The highest BCUT2D eigenvalue weighted by Gasteiger charge is 2.27. The van der Waals surface area contributed by atoms with Crippen molar-refractivity contribution in [3.63, 3.8) is 0 Å². The standard InChI is InChI=1S/C10H11F3O.2C2H6/c1-7(14)9-4-2-8(3-5-9)6-10(11,12)13;2*1-2/h2-5,7,14H,6H2,1H3;2*1-2H3. The van der Waals surface area contributed by atoms with E-state index in [2.05, 4.69) is 0 Å². The molecule has 0 amide bonds. The molecule has 1 atom stereocenters. The van der Waals surface area contributed by atoms with Gasteiger partial charge in [-0.2, -0.15) is 13.2 Å². The molecule has 0 fully saturated rings. The zero-order valence-corrected chi connectivity index (χ0v) is 11.7. The summed E-state index contributed by atoms with van der Waals surface area (Å²) in [5, 5.41) is 9.12. The second kappa shape index (κ2) is 9.95. The molecule has 18 heavy (non-hydrogen) atoms. The Hall–Kier alpha value is -1.03. The third kappa shape index (κ3) is 9.05. The van der Waals surface area contributed by atoms with Gasteiger partial charge in [-0.15, -0.1) is 0 Å². The van der Waals surface area contributed by atoms with Crippen LogP contribution in [0.15, 0.2) is 24.3 Å². The van der Waals surface area contributed by atoms with Crippen LogP contribution in [0, 0.1) is 0 Å². The summed E-state index contributed by atoms with van der Waals surface area (Å²) in [4.78, 5) is 0. The van der Waals surface area contributed by atoms with E-state index in [9.17, 15) is 13.2 Å². The number of aliphatic hydroxyl groups excluding tert-OH is 1. The van der Waals surface area contributed by atoms with Crippen molar-refractivity contribution in [1.82, 2.24) is 0 Å². The minimum Gasteiger partial charge on any atom is -0.389 e. The van der Waals surface area contributed by atoms with E-state index < -0.39 is 18.7 Å². The minimum absolute atomic E-state index is 0.210. The maximum Gasteiger partial charge on any atom is 0.393 e. The van der Waals surface area contributed by atoms with Crippen LogP contribution in [-0.4, -0.2) is 11.3 Å². The van der Waals surface area contributed by atoms with Crippen LogP contribution >= 0.6 is 0 Å². The summed E-state index contributed by atoms with van der Waals surface area (Å²) >= 11 is 0. The highest BCUT2D eigenvalue weighted by Crippen LogP contribution is 2.22. The van der Waals surface area contributed by atoms with Crippen molar-refractivity contribution >= 4 is 0 Å². The van der Waals surface area contributed by atoms with E-state index in [1.807, 2.05) is 27.7 Å². The largest absolute Gasteiger partial charge is 0.393 e. The maximum absolute atomic E-state index is 12.0. The Morgan fingerprint density at radius 2 is 1.39 bits per heavy atom. The van der Waals surface area contributed by atoms with Gasteiger partial charge in [0.05, 0.1) is 12.5 Å². The molecule has 4 heteroatoms. The molecule has 0 spiro atoms. The third-order valence-corrected chi connectivity index (χ3v) is 1.87. The molecule has 0 aliphatic carbocycles. The monoisotopic (exact) mass is 264 g/mol. The van der Waals surface area contributed by atoms with E-state index >= 15 is 0 Å². The number of alkyl halides is 3. The summed E-state index contributed by atoms with van der Waals surface area (Å²) in [5.41, 5.74) is 0.831. The van der Waals surface area contributed by atoms with Gasteiger partial charge < -0.3 is 5.11 Å². The molecule has 0 saturated carbocycles. The molecule has 106 valence electrons. The lowest BCUT2D eigenvalue weighted by molar-refractivity contribution is -0.127. The number of halogens is 3. The van der Waals surface area contributed by atoms with Crippen molar-refractivity contribution in [3.8, 4) is 0 Å². The maximum atomic E-state index is 12.0. The van der Waals surface area contributed by atoms with Crippen LogP contribution in [0.2, 0.25) is 0 Å². The van der Waals surface area contributed by atoms with Crippen LogP contribution in [0.25, 0.3) is 0 Å². The topological polar surface area (TPSA) is 20.2 Å². The Kier molecular flexibility index (Phi) is 10.7. The molecular weight excluding hydrogens is 241 g/mol. The molecule has 1 rings (SSSR count). The van der Waals surface area contributed by atoms with E-state index in [4.69, 9.17) is 5.11 Å². The van der Waals surface area contributed by atoms with E-state index in [0.717, 1.165) is 0 Å². The predicted molar refractivity (Wildman–Crippen MR) is 69.5 cm³/mol. The molecule has 0 heterocycles. The first kappa shape index (κ1) is 19.3. The first-order valence-electron chi connectivity index (χ1n) is 6.22. The van der Waals surface area contributed by atoms with Crippen LogP contribution in [0.4, 0.5) is 13.2 Å². The number of aliphatic hydroxyl groups is 1. The summed E-state index contributed by atoms with van der Waals surface area (Å²) < 4.78 is 35.9. The number of hydrogen-bond acceptors (Lipinski definition) is 1. The zero-order chi connectivity index (χ0) is 14.8. The molecule has 1 nitrogen and oxygen atoms in total. The second-order valence-electron chi connectivity index (χ2n) is 3.21. The van der Waals surface area contributed by atoms with Gasteiger partial charge in [0.15, 0.2) is 0 Å². The summed E-state index contributed by atoms with van der Waals surface area (Å²) in [6.45, 7) is 9.57. The number of benzene rings is 1. The number of hydrogen-bond donors (Lipinski definition) is 1. The highest BCUT2D eigenvalue weighted by molar-refractivity contribution is 5.24. The molecule has 0 saturated heterocycles. The fourth-order valence-corrected chi connectivity index (χ4v) is 1.15. The Bertz CT molecular complexity index is 289. The van der Waals surface area contributed by atoms with Gasteiger partial charge in [0.25, 0.3) is 0 Å². The van der Waals surface area contributed by atoms with E-state index in [1.54, 1.807) is 6.92 Å². The van der Waals surface area contributed by atoms with Crippen molar-refractivity contribution in [2.45, 2.75) is 53.3 Å². The molecule has 1 unspecified atom stereocenters. The molecule has 0 aliphatic rings. The van der Waals surface area contributed by atoms with E-state index in [1.165, 1.54) is 24.3 Å². The van der Waals surface area contributed by atoms with Gasteiger partial charge in [0.1, 0.15) is 0 Å². The van der Waals surface area contributed by atoms with Crippen LogP contribution in [0.3, 0.4) is 0 Å². The van der Waals surface area contributed by atoms with Gasteiger partial charge in [0, 0.05) is 0 Å². The Morgan fingerprint density at radius 1 is 1.00 bits per heavy atom. The predicted octanol–water partition coefficient (Wildman–Crippen LogP) is 4.90. The first-order valence-corrected chi connectivity index (χ1v) is 6.22. The lowest BCUT2D eigenvalue weighted by Crippen LogP contribution is -2.11. The molecule has 0 aliphatic heterocycles. The summed E-state index contributed by atoms with van der Waals surface area (Å²) in [5.74, 6) is 0. The van der Waals surface area contributed by atoms with Crippen LogP contribution in [0.5, 0.6) is 0 Å². The molecule has 1 aromatic rings. The minimum atomic E-state index is -4.17. The number of rotatable bonds is 2. The van der Waals surface area contributed by atoms with Gasteiger partial charge >= 0.3 is 6.18 Å². The Balaban J connectivity index is 0. The summed E-state index contributed by atoms with van der Waals surface area (Å²) in [7, 11) is 0. The molecule has 1 aromatic carbocycles. The molecule has 0 radical (unpaired) electrons. The third-order valence-electron chi connectivity index (χ3n) is 1.87. The molecule has 0 aromatic heterocycles. The van der Waals surface area contributed by atoms with Gasteiger partial charge in [0.2, 0.25) is 0 Å². The van der Waals surface area contributed by atoms with Crippen molar-refractivity contribution in [2.24, 2.45) is 0 Å². The van der Waals surface area contributed by atoms with Crippen molar-refractivity contribution in [3.05, 3.63) is 35.4 Å². The van der Waals surface area contributed by atoms with Gasteiger partial charge in [-0.05, 0) is 18.1 Å². The zero-order valence-electron chi connectivity index (χ0n) is 11.7. The van der Waals surface area contributed by atoms with E-state index in [-0.39, 0.29) is 5.56 Å². The smallest absolute Gasteiger partial charge is 0.389 e. The first-order chi connectivity index (χ1) is 8.38. The Labute approximate surface area is 108 Å². The van der Waals surface area contributed by atoms with Crippen LogP contribution < -0.4 is 0 Å². The lowest BCUT2D eigenvalue weighted by atomic mass is 10.1. The second-order valence-corrected chi connectivity index (χ2v) is 3.21. The van der Waals surface area contributed by atoms with Gasteiger partial charge in [-0.1, -0.05) is 52.0 Å². The highest BCUT2D eigenvalue weighted by atomic mass is 19.4. The normalized spacial score (nSPS) is 11.6. The van der Waals surface area contributed by atoms with Crippen LogP contribution in [-0.2, 0) is 6.42 Å². The SMILES string of the molecule is CC.CC.CC(O)c1ccc(CC(F)(F)F)cc1. The average molecular weight is 264 g/mol. The molecule has 1 N–H and O–H groups in total. The van der Waals surface area contributed by atoms with Crippen molar-refractivity contribution in [1.29, 1.82) is 0 Å². The average Bonchev–Trinajstić information content (AvgIpc) is 2.33. The molecular formula is C14H23F3O. The summed E-state index contributed by atoms with van der Waals surface area (Å²) in [6.07, 6.45) is -5.74.